The number of halogens is 1. The van der Waals surface area contributed by atoms with Gasteiger partial charge in [0.05, 0.1) is 6.33 Å². The second-order valence-electron chi connectivity index (χ2n) is 6.85. The molecule has 0 unspecified atom stereocenters. The highest BCUT2D eigenvalue weighted by atomic mass is 79.9. The molecule has 0 saturated carbocycles. The standard InChI is InChI=1S/C21H18BrN5O2S/c22-14-9-15-16(29-12-28-15)10-17(14)30-21-25-18-19(23)24-11-27(20(18)26-21)8-4-7-13-5-2-1-3-6-13/h1-3,5-6,9-11,23H,4,7-8,12H2,(H,25,26). The lowest BCUT2D eigenvalue weighted by molar-refractivity contribution is 0.174. The van der Waals surface area contributed by atoms with Crippen LogP contribution in [0.15, 0.2) is 63.3 Å². The number of rotatable bonds is 6. The van der Waals surface area contributed by atoms with Crippen molar-refractivity contribution < 1.29 is 9.47 Å². The molecule has 7 nitrogen and oxygen atoms in total. The second kappa shape index (κ2) is 8.16. The molecule has 1 aliphatic rings. The Kier molecular flexibility index (Phi) is 5.22. The largest absolute Gasteiger partial charge is 0.454 e. The summed E-state index contributed by atoms with van der Waals surface area (Å²) >= 11 is 5.05. The normalized spacial score (nSPS) is 12.6. The third-order valence-electron chi connectivity index (χ3n) is 4.84. The van der Waals surface area contributed by atoms with Gasteiger partial charge >= 0.3 is 0 Å². The quantitative estimate of drug-likeness (QED) is 0.420. The van der Waals surface area contributed by atoms with E-state index in [9.17, 15) is 0 Å². The van der Waals surface area contributed by atoms with Crippen LogP contribution in [0.25, 0.3) is 11.2 Å². The number of fused-ring (bicyclic) bond motifs is 2. The average molecular weight is 484 g/mol. The molecule has 9 heteroatoms. The highest BCUT2D eigenvalue weighted by Gasteiger charge is 2.18. The number of ether oxygens (including phenoxy) is 2. The van der Waals surface area contributed by atoms with E-state index < -0.39 is 0 Å². The molecule has 3 heterocycles. The molecule has 0 amide bonds. The number of H-pyrrole nitrogens is 1. The first-order valence-corrected chi connectivity index (χ1v) is 11.1. The molecule has 2 N–H and O–H groups in total. The van der Waals surface area contributed by atoms with E-state index in [4.69, 9.17) is 19.9 Å². The average Bonchev–Trinajstić information content (AvgIpc) is 3.38. The number of hydrogen-bond donors (Lipinski definition) is 2. The van der Waals surface area contributed by atoms with Crippen LogP contribution in [0.5, 0.6) is 11.5 Å². The van der Waals surface area contributed by atoms with Gasteiger partial charge in [0.2, 0.25) is 6.79 Å². The molecule has 0 saturated heterocycles. The molecule has 1 aliphatic heterocycles. The van der Waals surface area contributed by atoms with Crippen molar-refractivity contribution >= 4 is 38.9 Å². The van der Waals surface area contributed by atoms with Crippen LogP contribution < -0.4 is 15.0 Å². The second-order valence-corrected chi connectivity index (χ2v) is 8.74. The van der Waals surface area contributed by atoms with E-state index in [1.54, 1.807) is 6.33 Å². The molecule has 30 heavy (non-hydrogen) atoms. The number of aryl methyl sites for hydroxylation is 2. The molecular weight excluding hydrogens is 466 g/mol. The van der Waals surface area contributed by atoms with Crippen LogP contribution >= 0.6 is 27.7 Å². The molecule has 0 radical (unpaired) electrons. The van der Waals surface area contributed by atoms with E-state index >= 15 is 0 Å². The van der Waals surface area contributed by atoms with Crippen LogP contribution in [0.1, 0.15) is 12.0 Å². The minimum absolute atomic E-state index is 0.188. The Labute approximate surface area is 185 Å². The van der Waals surface area contributed by atoms with Crippen LogP contribution in [0.2, 0.25) is 0 Å². The molecule has 5 rings (SSSR count). The third kappa shape index (κ3) is 3.82. The van der Waals surface area contributed by atoms with Crippen molar-refractivity contribution in [2.24, 2.45) is 0 Å². The number of imidazole rings is 1. The van der Waals surface area contributed by atoms with Gasteiger partial charge in [-0.2, -0.15) is 0 Å². The van der Waals surface area contributed by atoms with Crippen molar-refractivity contribution in [2.45, 2.75) is 29.4 Å². The van der Waals surface area contributed by atoms with E-state index in [0.717, 1.165) is 45.9 Å². The maximum Gasteiger partial charge on any atom is 0.231 e. The van der Waals surface area contributed by atoms with E-state index in [1.807, 2.05) is 22.8 Å². The van der Waals surface area contributed by atoms with Crippen LogP contribution in [-0.2, 0) is 13.0 Å². The molecule has 0 bridgehead atoms. The minimum atomic E-state index is 0.188. The van der Waals surface area contributed by atoms with E-state index in [2.05, 4.69) is 50.2 Å². The summed E-state index contributed by atoms with van der Waals surface area (Å²) in [4.78, 5) is 13.2. The summed E-state index contributed by atoms with van der Waals surface area (Å²) in [6, 6.07) is 14.2. The Morgan fingerprint density at radius 2 is 1.97 bits per heavy atom. The summed E-state index contributed by atoms with van der Waals surface area (Å²) < 4.78 is 13.8. The summed E-state index contributed by atoms with van der Waals surface area (Å²) in [7, 11) is 0. The fourth-order valence-electron chi connectivity index (χ4n) is 3.35. The number of aromatic nitrogens is 4. The topological polar surface area (TPSA) is 88.8 Å². The number of aromatic amines is 1. The van der Waals surface area contributed by atoms with Crippen LogP contribution in [0, 0.1) is 5.41 Å². The van der Waals surface area contributed by atoms with Crippen molar-refractivity contribution in [3.05, 3.63) is 64.3 Å². The SMILES string of the molecule is N=c1ncn(CCCc2ccccc2)c2nc(Sc3cc4c(cc3Br)OCO4)[nH]c12. The lowest BCUT2D eigenvalue weighted by atomic mass is 10.1. The fourth-order valence-corrected chi connectivity index (χ4v) is 4.73. The number of benzene rings is 2. The summed E-state index contributed by atoms with van der Waals surface area (Å²) in [5.74, 6) is 1.44. The summed E-state index contributed by atoms with van der Waals surface area (Å²) in [6.07, 6.45) is 3.64. The molecule has 2 aromatic carbocycles. The molecule has 0 atom stereocenters. The van der Waals surface area contributed by atoms with Gasteiger partial charge in [-0.1, -0.05) is 42.1 Å². The van der Waals surface area contributed by atoms with Crippen molar-refractivity contribution in [3.63, 3.8) is 0 Å². The van der Waals surface area contributed by atoms with Crippen molar-refractivity contribution in [1.82, 2.24) is 19.5 Å². The monoisotopic (exact) mass is 483 g/mol. The van der Waals surface area contributed by atoms with Gasteiger partial charge in [-0.05, 0) is 46.5 Å². The Bertz CT molecular complexity index is 1270. The Balaban J connectivity index is 1.39. The first-order valence-electron chi connectivity index (χ1n) is 9.48. The molecule has 152 valence electrons. The Hall–Kier alpha value is -2.78. The lowest BCUT2D eigenvalue weighted by Crippen LogP contribution is -2.13. The maximum atomic E-state index is 8.16. The van der Waals surface area contributed by atoms with Crippen molar-refractivity contribution in [1.29, 1.82) is 5.41 Å². The first-order chi connectivity index (χ1) is 14.7. The smallest absolute Gasteiger partial charge is 0.231 e. The van der Waals surface area contributed by atoms with Gasteiger partial charge in [-0.15, -0.1) is 0 Å². The van der Waals surface area contributed by atoms with Gasteiger partial charge in [0.15, 0.2) is 27.8 Å². The van der Waals surface area contributed by atoms with Crippen LogP contribution in [-0.4, -0.2) is 26.3 Å². The molecule has 2 aromatic heterocycles. The Morgan fingerprint density at radius 3 is 2.80 bits per heavy atom. The number of nitrogens with one attached hydrogen (secondary N) is 2. The summed E-state index contributed by atoms with van der Waals surface area (Å²) in [5, 5.41) is 8.85. The Morgan fingerprint density at radius 1 is 1.17 bits per heavy atom. The van der Waals surface area contributed by atoms with E-state index in [-0.39, 0.29) is 12.3 Å². The fraction of sp³-hybridized carbons (Fsp3) is 0.190. The molecule has 0 fully saturated rings. The number of hydrogen-bond acceptors (Lipinski definition) is 6. The highest BCUT2D eigenvalue weighted by molar-refractivity contribution is 9.10. The zero-order valence-corrected chi connectivity index (χ0v) is 18.3. The van der Waals surface area contributed by atoms with E-state index in [1.165, 1.54) is 17.3 Å². The zero-order chi connectivity index (χ0) is 20.5. The van der Waals surface area contributed by atoms with E-state index in [0.29, 0.717) is 10.7 Å². The lowest BCUT2D eigenvalue weighted by Gasteiger charge is -2.07. The van der Waals surface area contributed by atoms with Gasteiger partial charge in [0, 0.05) is 15.9 Å². The van der Waals surface area contributed by atoms with Crippen LogP contribution in [0.4, 0.5) is 0 Å². The minimum Gasteiger partial charge on any atom is -0.454 e. The maximum absolute atomic E-state index is 8.16. The summed E-state index contributed by atoms with van der Waals surface area (Å²) in [5.41, 5.74) is 2.87. The predicted molar refractivity (Wildman–Crippen MR) is 117 cm³/mol. The molecular formula is C21H18BrN5O2S. The van der Waals surface area contributed by atoms with Gasteiger partial charge in [-0.25, -0.2) is 9.97 Å². The van der Waals surface area contributed by atoms with Gasteiger partial charge < -0.3 is 19.0 Å². The zero-order valence-electron chi connectivity index (χ0n) is 15.9. The molecule has 4 aromatic rings. The highest BCUT2D eigenvalue weighted by Crippen LogP contribution is 2.42. The summed E-state index contributed by atoms with van der Waals surface area (Å²) in [6.45, 7) is 1.01. The number of nitrogens with zero attached hydrogens (tertiary/aromatic N) is 3. The van der Waals surface area contributed by atoms with Gasteiger partial charge in [0.25, 0.3) is 0 Å². The van der Waals surface area contributed by atoms with Crippen LogP contribution in [0.3, 0.4) is 0 Å². The van der Waals surface area contributed by atoms with Crippen molar-refractivity contribution in [3.8, 4) is 11.5 Å². The third-order valence-corrected chi connectivity index (χ3v) is 6.70. The molecule has 0 aliphatic carbocycles. The van der Waals surface area contributed by atoms with Gasteiger partial charge in [-0.3, -0.25) is 5.41 Å². The first kappa shape index (κ1) is 19.2. The molecule has 0 spiro atoms. The van der Waals surface area contributed by atoms with Gasteiger partial charge in [0.1, 0.15) is 5.52 Å². The van der Waals surface area contributed by atoms with Crippen molar-refractivity contribution in [2.75, 3.05) is 6.79 Å². The predicted octanol–water partition coefficient (Wildman–Crippen LogP) is 4.51.